The fourth-order valence-corrected chi connectivity index (χ4v) is 3.74. The van der Waals surface area contributed by atoms with Gasteiger partial charge in [0.2, 0.25) is 0 Å². The predicted octanol–water partition coefficient (Wildman–Crippen LogP) is 1.43. The van der Waals surface area contributed by atoms with E-state index in [2.05, 4.69) is 10.6 Å². The molecule has 1 saturated heterocycles. The highest BCUT2D eigenvalue weighted by Crippen LogP contribution is 2.18. The minimum atomic E-state index is -2.83. The van der Waals surface area contributed by atoms with Gasteiger partial charge in [-0.3, -0.25) is 4.79 Å². The number of anilines is 1. The SMILES string of the molecule is CCNC(=O)c1ccc(NC2CCS(=O)(=O)CC2)cc1. The third-order valence-corrected chi connectivity index (χ3v) is 5.13. The van der Waals surface area contributed by atoms with Crippen LogP contribution in [0.3, 0.4) is 0 Å². The van der Waals surface area contributed by atoms with Crippen LogP contribution >= 0.6 is 0 Å². The standard InChI is InChI=1S/C14H20N2O3S/c1-2-15-14(17)11-3-5-12(6-4-11)16-13-7-9-20(18,19)10-8-13/h3-6,13,16H,2,7-10H2,1H3,(H,15,17). The van der Waals surface area contributed by atoms with Crippen LogP contribution in [0.1, 0.15) is 30.1 Å². The molecule has 0 atom stereocenters. The molecule has 1 aromatic rings. The van der Waals surface area contributed by atoms with E-state index in [1.807, 2.05) is 19.1 Å². The number of nitrogens with one attached hydrogen (secondary N) is 2. The average Bonchev–Trinajstić information content (AvgIpc) is 2.42. The van der Waals surface area contributed by atoms with Crippen LogP contribution in [0, 0.1) is 0 Å². The lowest BCUT2D eigenvalue weighted by Crippen LogP contribution is -2.32. The Morgan fingerprint density at radius 2 is 1.80 bits per heavy atom. The van der Waals surface area contributed by atoms with Crippen molar-refractivity contribution in [3.63, 3.8) is 0 Å². The summed E-state index contributed by atoms with van der Waals surface area (Å²) in [5, 5.41) is 6.07. The van der Waals surface area contributed by atoms with Crippen LogP contribution in [0.2, 0.25) is 0 Å². The normalized spacial score (nSPS) is 18.4. The molecule has 110 valence electrons. The molecule has 2 N–H and O–H groups in total. The van der Waals surface area contributed by atoms with Crippen molar-refractivity contribution in [1.29, 1.82) is 0 Å². The average molecular weight is 296 g/mol. The van der Waals surface area contributed by atoms with Crippen molar-refractivity contribution in [2.24, 2.45) is 0 Å². The highest BCUT2D eigenvalue weighted by Gasteiger charge is 2.23. The smallest absolute Gasteiger partial charge is 0.251 e. The molecule has 0 spiro atoms. The summed E-state index contributed by atoms with van der Waals surface area (Å²) in [6, 6.07) is 7.44. The largest absolute Gasteiger partial charge is 0.382 e. The second-order valence-corrected chi connectivity index (χ2v) is 7.31. The summed E-state index contributed by atoms with van der Waals surface area (Å²) in [5.41, 5.74) is 1.55. The number of hydrogen-bond donors (Lipinski definition) is 2. The molecule has 1 aliphatic rings. The van der Waals surface area contributed by atoms with Gasteiger partial charge in [-0.05, 0) is 44.0 Å². The van der Waals surface area contributed by atoms with Crippen molar-refractivity contribution >= 4 is 21.4 Å². The van der Waals surface area contributed by atoms with Crippen LogP contribution < -0.4 is 10.6 Å². The zero-order valence-electron chi connectivity index (χ0n) is 11.6. The first-order valence-corrected chi connectivity index (χ1v) is 8.67. The molecule has 0 aromatic heterocycles. The number of amides is 1. The summed E-state index contributed by atoms with van der Waals surface area (Å²) >= 11 is 0. The van der Waals surface area contributed by atoms with Gasteiger partial charge in [-0.25, -0.2) is 8.42 Å². The molecular weight excluding hydrogens is 276 g/mol. The Labute approximate surface area is 119 Å². The van der Waals surface area contributed by atoms with E-state index in [-0.39, 0.29) is 23.5 Å². The topological polar surface area (TPSA) is 75.3 Å². The van der Waals surface area contributed by atoms with E-state index in [9.17, 15) is 13.2 Å². The van der Waals surface area contributed by atoms with Gasteiger partial charge in [-0.15, -0.1) is 0 Å². The zero-order chi connectivity index (χ0) is 14.6. The summed E-state index contributed by atoms with van der Waals surface area (Å²) in [7, 11) is -2.83. The maximum absolute atomic E-state index is 11.6. The minimum absolute atomic E-state index is 0.0807. The first-order chi connectivity index (χ1) is 9.50. The Balaban J connectivity index is 1.93. The second kappa shape index (κ2) is 6.26. The summed E-state index contributed by atoms with van der Waals surface area (Å²) in [4.78, 5) is 11.6. The van der Waals surface area contributed by atoms with E-state index in [1.54, 1.807) is 12.1 Å². The molecule has 1 heterocycles. The van der Waals surface area contributed by atoms with Crippen molar-refractivity contribution in [3.8, 4) is 0 Å². The highest BCUT2D eigenvalue weighted by atomic mass is 32.2. The molecule has 0 radical (unpaired) electrons. The van der Waals surface area contributed by atoms with Gasteiger partial charge in [0, 0.05) is 23.8 Å². The summed E-state index contributed by atoms with van der Waals surface area (Å²) < 4.78 is 22.7. The molecule has 2 rings (SSSR count). The Morgan fingerprint density at radius 3 is 2.35 bits per heavy atom. The zero-order valence-corrected chi connectivity index (χ0v) is 12.4. The van der Waals surface area contributed by atoms with Gasteiger partial charge in [0.1, 0.15) is 9.84 Å². The van der Waals surface area contributed by atoms with E-state index < -0.39 is 9.84 Å². The molecule has 0 bridgehead atoms. The van der Waals surface area contributed by atoms with E-state index in [0.717, 1.165) is 5.69 Å². The maximum atomic E-state index is 11.6. The quantitative estimate of drug-likeness (QED) is 0.881. The maximum Gasteiger partial charge on any atom is 0.251 e. The molecular formula is C14H20N2O3S. The molecule has 1 aromatic carbocycles. The van der Waals surface area contributed by atoms with Crippen molar-refractivity contribution < 1.29 is 13.2 Å². The molecule has 0 unspecified atom stereocenters. The molecule has 5 nitrogen and oxygen atoms in total. The number of hydrogen-bond acceptors (Lipinski definition) is 4. The number of carbonyl (C=O) groups excluding carboxylic acids is 1. The molecule has 1 aliphatic heterocycles. The van der Waals surface area contributed by atoms with E-state index in [1.165, 1.54) is 0 Å². The monoisotopic (exact) mass is 296 g/mol. The molecule has 0 aliphatic carbocycles. The van der Waals surface area contributed by atoms with Gasteiger partial charge in [-0.1, -0.05) is 0 Å². The Hall–Kier alpha value is -1.56. The van der Waals surface area contributed by atoms with Gasteiger partial charge in [0.25, 0.3) is 5.91 Å². The first-order valence-electron chi connectivity index (χ1n) is 6.85. The number of sulfone groups is 1. The van der Waals surface area contributed by atoms with Crippen LogP contribution in [-0.2, 0) is 9.84 Å². The lowest BCUT2D eigenvalue weighted by Gasteiger charge is -2.24. The van der Waals surface area contributed by atoms with Gasteiger partial charge < -0.3 is 10.6 Å². The van der Waals surface area contributed by atoms with Crippen LogP contribution in [0.25, 0.3) is 0 Å². The summed E-state index contributed by atoms with van der Waals surface area (Å²) in [5.74, 6) is 0.423. The molecule has 1 fully saturated rings. The van der Waals surface area contributed by atoms with Crippen molar-refractivity contribution in [2.45, 2.75) is 25.8 Å². The third kappa shape index (κ3) is 3.96. The molecule has 6 heteroatoms. The van der Waals surface area contributed by atoms with Gasteiger partial charge >= 0.3 is 0 Å². The Morgan fingerprint density at radius 1 is 1.20 bits per heavy atom. The number of rotatable bonds is 4. The Kier molecular flexibility index (Phi) is 4.65. The fourth-order valence-electron chi connectivity index (χ4n) is 2.25. The minimum Gasteiger partial charge on any atom is -0.382 e. The van der Waals surface area contributed by atoms with Crippen LogP contribution in [0.15, 0.2) is 24.3 Å². The number of benzene rings is 1. The van der Waals surface area contributed by atoms with Gasteiger partial charge in [0.15, 0.2) is 0 Å². The van der Waals surface area contributed by atoms with E-state index in [4.69, 9.17) is 0 Å². The van der Waals surface area contributed by atoms with Gasteiger partial charge in [0.05, 0.1) is 11.5 Å². The van der Waals surface area contributed by atoms with Crippen LogP contribution in [0.4, 0.5) is 5.69 Å². The van der Waals surface area contributed by atoms with Crippen molar-refractivity contribution in [3.05, 3.63) is 29.8 Å². The third-order valence-electron chi connectivity index (χ3n) is 3.41. The fraction of sp³-hybridized carbons (Fsp3) is 0.500. The lowest BCUT2D eigenvalue weighted by atomic mass is 10.1. The molecule has 1 amide bonds. The predicted molar refractivity (Wildman–Crippen MR) is 79.7 cm³/mol. The van der Waals surface area contributed by atoms with Crippen molar-refractivity contribution in [1.82, 2.24) is 5.32 Å². The summed E-state index contributed by atoms with van der Waals surface area (Å²) in [6.07, 6.45) is 1.28. The van der Waals surface area contributed by atoms with E-state index in [0.29, 0.717) is 24.9 Å². The second-order valence-electron chi connectivity index (χ2n) is 5.01. The lowest BCUT2D eigenvalue weighted by molar-refractivity contribution is 0.0956. The first kappa shape index (κ1) is 14.8. The summed E-state index contributed by atoms with van der Waals surface area (Å²) in [6.45, 7) is 2.49. The molecule has 20 heavy (non-hydrogen) atoms. The Bertz CT molecular complexity index is 553. The van der Waals surface area contributed by atoms with Crippen LogP contribution in [0.5, 0.6) is 0 Å². The van der Waals surface area contributed by atoms with Crippen LogP contribution in [-0.4, -0.2) is 38.4 Å². The van der Waals surface area contributed by atoms with E-state index >= 15 is 0 Å². The molecule has 0 saturated carbocycles. The number of carbonyl (C=O) groups is 1. The highest BCUT2D eigenvalue weighted by molar-refractivity contribution is 7.91. The van der Waals surface area contributed by atoms with Gasteiger partial charge in [-0.2, -0.15) is 0 Å². The van der Waals surface area contributed by atoms with Crippen molar-refractivity contribution in [2.75, 3.05) is 23.4 Å².